The number of hydrogen-bond donors (Lipinski definition) is 1. The summed E-state index contributed by atoms with van der Waals surface area (Å²) in [5, 5.41) is 11.3. The standard InChI is InChI=1S/C9H12N4/c1-3-10-9-6-4-5-8-7(2)11-12-13(8)9/h4-6,10H,3H2,1-2H3. The molecule has 0 atom stereocenters. The zero-order valence-corrected chi connectivity index (χ0v) is 7.78. The minimum Gasteiger partial charge on any atom is -0.370 e. The first-order chi connectivity index (χ1) is 6.33. The van der Waals surface area contributed by atoms with Crippen LogP contribution in [0.15, 0.2) is 18.2 Å². The van der Waals surface area contributed by atoms with Crippen LogP contribution in [-0.2, 0) is 0 Å². The minimum atomic E-state index is 0.887. The lowest BCUT2D eigenvalue weighted by Crippen LogP contribution is -2.03. The third-order valence-corrected chi connectivity index (χ3v) is 1.98. The average molecular weight is 176 g/mol. The van der Waals surface area contributed by atoms with Gasteiger partial charge in [-0.05, 0) is 26.0 Å². The number of anilines is 1. The van der Waals surface area contributed by atoms with Gasteiger partial charge < -0.3 is 5.32 Å². The number of hydrogen-bond acceptors (Lipinski definition) is 3. The summed E-state index contributed by atoms with van der Waals surface area (Å²) in [7, 11) is 0. The molecule has 0 aliphatic rings. The fourth-order valence-electron chi connectivity index (χ4n) is 1.35. The smallest absolute Gasteiger partial charge is 0.129 e. The second-order valence-electron chi connectivity index (χ2n) is 2.91. The number of pyridine rings is 1. The van der Waals surface area contributed by atoms with Gasteiger partial charge >= 0.3 is 0 Å². The summed E-state index contributed by atoms with van der Waals surface area (Å²) in [5.74, 6) is 0.987. The van der Waals surface area contributed by atoms with E-state index < -0.39 is 0 Å². The molecule has 0 aliphatic heterocycles. The number of nitrogens with zero attached hydrogens (tertiary/aromatic N) is 3. The Bertz CT molecular complexity index is 418. The quantitative estimate of drug-likeness (QED) is 0.753. The fraction of sp³-hybridized carbons (Fsp3) is 0.333. The maximum Gasteiger partial charge on any atom is 0.129 e. The van der Waals surface area contributed by atoms with Crippen molar-refractivity contribution in [2.24, 2.45) is 0 Å². The topological polar surface area (TPSA) is 42.2 Å². The van der Waals surface area contributed by atoms with Gasteiger partial charge in [0.25, 0.3) is 0 Å². The summed E-state index contributed by atoms with van der Waals surface area (Å²) in [5.41, 5.74) is 2.01. The van der Waals surface area contributed by atoms with E-state index >= 15 is 0 Å². The maximum atomic E-state index is 4.04. The van der Waals surface area contributed by atoms with Crippen molar-refractivity contribution in [1.29, 1.82) is 0 Å². The van der Waals surface area contributed by atoms with E-state index in [2.05, 4.69) is 22.6 Å². The highest BCUT2D eigenvalue weighted by Gasteiger charge is 2.03. The average Bonchev–Trinajstić information content (AvgIpc) is 2.50. The van der Waals surface area contributed by atoms with Crippen molar-refractivity contribution in [1.82, 2.24) is 14.8 Å². The molecule has 0 saturated heterocycles. The van der Waals surface area contributed by atoms with Gasteiger partial charge in [-0.15, -0.1) is 5.10 Å². The summed E-state index contributed by atoms with van der Waals surface area (Å²) in [6.45, 7) is 4.90. The largest absolute Gasteiger partial charge is 0.370 e. The summed E-state index contributed by atoms with van der Waals surface area (Å²) in [6, 6.07) is 6.00. The van der Waals surface area contributed by atoms with Gasteiger partial charge in [-0.3, -0.25) is 0 Å². The molecule has 0 spiro atoms. The number of nitrogens with one attached hydrogen (secondary N) is 1. The molecule has 68 valence electrons. The molecular formula is C9H12N4. The van der Waals surface area contributed by atoms with Crippen LogP contribution in [0.4, 0.5) is 5.82 Å². The molecule has 0 unspecified atom stereocenters. The Hall–Kier alpha value is -1.58. The first kappa shape index (κ1) is 8.04. The molecule has 4 nitrogen and oxygen atoms in total. The minimum absolute atomic E-state index is 0.887. The molecule has 0 aromatic carbocycles. The zero-order chi connectivity index (χ0) is 9.26. The Labute approximate surface area is 76.6 Å². The lowest BCUT2D eigenvalue weighted by Gasteiger charge is -2.03. The summed E-state index contributed by atoms with van der Waals surface area (Å²) < 4.78 is 1.82. The predicted octanol–water partition coefficient (Wildman–Crippen LogP) is 1.47. The van der Waals surface area contributed by atoms with Crippen molar-refractivity contribution < 1.29 is 0 Å². The Morgan fingerprint density at radius 3 is 3.08 bits per heavy atom. The van der Waals surface area contributed by atoms with E-state index in [1.54, 1.807) is 0 Å². The van der Waals surface area contributed by atoms with Gasteiger partial charge in [-0.25, -0.2) is 0 Å². The molecule has 0 saturated carbocycles. The van der Waals surface area contributed by atoms with E-state index in [4.69, 9.17) is 0 Å². The van der Waals surface area contributed by atoms with Crippen molar-refractivity contribution in [3.8, 4) is 0 Å². The molecule has 0 radical (unpaired) electrons. The number of aryl methyl sites for hydroxylation is 1. The van der Waals surface area contributed by atoms with Crippen molar-refractivity contribution in [3.05, 3.63) is 23.9 Å². The van der Waals surface area contributed by atoms with Gasteiger partial charge in [-0.2, -0.15) is 4.52 Å². The van der Waals surface area contributed by atoms with Crippen LogP contribution in [0.5, 0.6) is 0 Å². The van der Waals surface area contributed by atoms with Crippen LogP contribution in [0.1, 0.15) is 12.6 Å². The number of rotatable bonds is 2. The van der Waals surface area contributed by atoms with E-state index in [-0.39, 0.29) is 0 Å². The molecule has 2 heterocycles. The van der Waals surface area contributed by atoms with Gasteiger partial charge in [0, 0.05) is 6.54 Å². The van der Waals surface area contributed by atoms with E-state index in [1.807, 2.05) is 29.6 Å². The predicted molar refractivity (Wildman–Crippen MR) is 51.9 cm³/mol. The van der Waals surface area contributed by atoms with E-state index in [0.717, 1.165) is 23.6 Å². The second kappa shape index (κ2) is 3.05. The maximum absolute atomic E-state index is 4.04. The number of fused-ring (bicyclic) bond motifs is 1. The lowest BCUT2D eigenvalue weighted by atomic mass is 10.3. The summed E-state index contributed by atoms with van der Waals surface area (Å²) in [4.78, 5) is 0. The van der Waals surface area contributed by atoms with E-state index in [9.17, 15) is 0 Å². The second-order valence-corrected chi connectivity index (χ2v) is 2.91. The molecule has 0 aliphatic carbocycles. The van der Waals surface area contributed by atoms with Gasteiger partial charge in [0.15, 0.2) is 0 Å². The third-order valence-electron chi connectivity index (χ3n) is 1.98. The highest BCUT2D eigenvalue weighted by Crippen LogP contribution is 2.12. The molecule has 0 bridgehead atoms. The Balaban J connectivity index is 2.63. The Morgan fingerprint density at radius 2 is 2.31 bits per heavy atom. The van der Waals surface area contributed by atoms with Crippen LogP contribution < -0.4 is 5.32 Å². The molecular weight excluding hydrogens is 164 g/mol. The van der Waals surface area contributed by atoms with Gasteiger partial charge in [0.2, 0.25) is 0 Å². The lowest BCUT2D eigenvalue weighted by molar-refractivity contribution is 0.849. The Kier molecular flexibility index (Phi) is 1.88. The SMILES string of the molecule is CCNc1cccc2c(C)nnn12. The molecule has 2 aromatic heterocycles. The number of aromatic nitrogens is 3. The molecule has 0 amide bonds. The molecule has 0 fully saturated rings. The molecule has 2 aromatic rings. The molecule has 4 heteroatoms. The van der Waals surface area contributed by atoms with Crippen LogP contribution >= 0.6 is 0 Å². The highest BCUT2D eigenvalue weighted by atomic mass is 15.4. The van der Waals surface area contributed by atoms with E-state index in [1.165, 1.54) is 0 Å². The van der Waals surface area contributed by atoms with Crippen LogP contribution in [0.3, 0.4) is 0 Å². The molecule has 1 N–H and O–H groups in total. The molecule has 13 heavy (non-hydrogen) atoms. The van der Waals surface area contributed by atoms with Crippen molar-refractivity contribution >= 4 is 11.3 Å². The normalized spacial score (nSPS) is 10.6. The zero-order valence-electron chi connectivity index (χ0n) is 7.78. The van der Waals surface area contributed by atoms with Gasteiger partial charge in [-0.1, -0.05) is 11.3 Å². The van der Waals surface area contributed by atoms with Crippen LogP contribution in [0.25, 0.3) is 5.52 Å². The van der Waals surface area contributed by atoms with Crippen molar-refractivity contribution in [3.63, 3.8) is 0 Å². The first-order valence-electron chi connectivity index (χ1n) is 4.38. The summed E-state index contributed by atoms with van der Waals surface area (Å²) >= 11 is 0. The van der Waals surface area contributed by atoms with Gasteiger partial charge in [0.1, 0.15) is 5.82 Å². The monoisotopic (exact) mass is 176 g/mol. The van der Waals surface area contributed by atoms with Crippen molar-refractivity contribution in [2.75, 3.05) is 11.9 Å². The molecule has 2 rings (SSSR count). The van der Waals surface area contributed by atoms with Gasteiger partial charge in [0.05, 0.1) is 11.2 Å². The van der Waals surface area contributed by atoms with Crippen LogP contribution in [-0.4, -0.2) is 21.4 Å². The fourth-order valence-corrected chi connectivity index (χ4v) is 1.35. The van der Waals surface area contributed by atoms with Crippen LogP contribution in [0.2, 0.25) is 0 Å². The van der Waals surface area contributed by atoms with Crippen LogP contribution in [0, 0.1) is 6.92 Å². The van der Waals surface area contributed by atoms with E-state index in [0.29, 0.717) is 0 Å². The third kappa shape index (κ3) is 1.24. The van der Waals surface area contributed by atoms with Crippen molar-refractivity contribution in [2.45, 2.75) is 13.8 Å². The highest BCUT2D eigenvalue weighted by molar-refractivity contribution is 5.56. The first-order valence-corrected chi connectivity index (χ1v) is 4.38. The summed E-state index contributed by atoms with van der Waals surface area (Å²) in [6.07, 6.45) is 0. The Morgan fingerprint density at radius 1 is 1.46 bits per heavy atom.